The molecule has 0 aliphatic carbocycles. The first-order valence-electron chi connectivity index (χ1n) is 5.71. The zero-order valence-electron chi connectivity index (χ0n) is 10.7. The molecular formula is C13H12N4O3. The number of hydrogen-bond donors (Lipinski definition) is 2. The van der Waals surface area contributed by atoms with Crippen LogP contribution < -0.4 is 10.5 Å². The van der Waals surface area contributed by atoms with Crippen LogP contribution in [0.1, 0.15) is 11.3 Å². The number of ether oxygens (including phenoxy) is 1. The lowest BCUT2D eigenvalue weighted by atomic mass is 10.2. The average Bonchev–Trinajstić information content (AvgIpc) is 2.41. The lowest BCUT2D eigenvalue weighted by Gasteiger charge is -2.09. The maximum Gasteiger partial charge on any atom is 0.311 e. The fraction of sp³-hybridized carbons (Fsp3) is 0.0769. The Morgan fingerprint density at radius 1 is 1.45 bits per heavy atom. The minimum absolute atomic E-state index is 0.119. The molecule has 0 unspecified atom stereocenters. The molecule has 0 saturated heterocycles. The summed E-state index contributed by atoms with van der Waals surface area (Å²) in [4.78, 5) is 14.4. The molecule has 0 spiro atoms. The van der Waals surface area contributed by atoms with E-state index in [0.29, 0.717) is 11.3 Å². The number of para-hydroxylation sites is 1. The van der Waals surface area contributed by atoms with Crippen LogP contribution in [0.15, 0.2) is 36.5 Å². The van der Waals surface area contributed by atoms with Crippen LogP contribution in [-0.4, -0.2) is 15.7 Å². The van der Waals surface area contributed by atoms with Crippen LogP contribution in [0.25, 0.3) is 0 Å². The van der Waals surface area contributed by atoms with E-state index >= 15 is 0 Å². The molecule has 0 amide bonds. The van der Waals surface area contributed by atoms with Crippen molar-refractivity contribution in [1.82, 2.24) is 4.98 Å². The van der Waals surface area contributed by atoms with E-state index in [1.165, 1.54) is 18.3 Å². The zero-order chi connectivity index (χ0) is 14.7. The van der Waals surface area contributed by atoms with Gasteiger partial charge in [-0.05, 0) is 18.6 Å². The summed E-state index contributed by atoms with van der Waals surface area (Å²) in [5, 5.41) is 18.3. The maximum atomic E-state index is 11.0. The minimum atomic E-state index is -0.505. The highest BCUT2D eigenvalue weighted by molar-refractivity contribution is 5.93. The number of amidine groups is 1. The molecular weight excluding hydrogens is 260 g/mol. The summed E-state index contributed by atoms with van der Waals surface area (Å²) in [6.45, 7) is 1.72. The molecule has 20 heavy (non-hydrogen) atoms. The van der Waals surface area contributed by atoms with Crippen LogP contribution in [-0.2, 0) is 0 Å². The van der Waals surface area contributed by atoms with Gasteiger partial charge >= 0.3 is 5.69 Å². The fourth-order valence-electron chi connectivity index (χ4n) is 1.65. The normalized spacial score (nSPS) is 10.1. The second-order valence-electron chi connectivity index (χ2n) is 4.07. The number of aryl methyl sites for hydroxylation is 1. The Morgan fingerprint density at radius 2 is 2.20 bits per heavy atom. The van der Waals surface area contributed by atoms with Gasteiger partial charge in [0, 0.05) is 18.3 Å². The van der Waals surface area contributed by atoms with E-state index in [2.05, 4.69) is 4.98 Å². The van der Waals surface area contributed by atoms with Crippen LogP contribution in [0.2, 0.25) is 0 Å². The molecule has 2 aromatic rings. The first kappa shape index (κ1) is 13.5. The third-order valence-corrected chi connectivity index (χ3v) is 2.62. The smallest absolute Gasteiger partial charge is 0.311 e. The van der Waals surface area contributed by atoms with Crippen LogP contribution >= 0.6 is 0 Å². The largest absolute Gasteiger partial charge is 0.450 e. The molecule has 0 aliphatic heterocycles. The summed E-state index contributed by atoms with van der Waals surface area (Å²) < 4.78 is 5.56. The average molecular weight is 272 g/mol. The summed E-state index contributed by atoms with van der Waals surface area (Å²) in [5.74, 6) is 0.301. The molecule has 102 valence electrons. The van der Waals surface area contributed by atoms with Crippen molar-refractivity contribution in [1.29, 1.82) is 5.41 Å². The van der Waals surface area contributed by atoms with Crippen molar-refractivity contribution in [3.63, 3.8) is 0 Å². The van der Waals surface area contributed by atoms with Gasteiger partial charge in [-0.25, -0.2) is 0 Å². The summed E-state index contributed by atoms with van der Waals surface area (Å²) in [6, 6.07) is 7.68. The first-order chi connectivity index (χ1) is 9.49. The molecule has 1 heterocycles. The number of nitro benzene ring substituents is 1. The van der Waals surface area contributed by atoms with Crippen molar-refractivity contribution < 1.29 is 9.66 Å². The molecule has 3 N–H and O–H groups in total. The topological polar surface area (TPSA) is 115 Å². The van der Waals surface area contributed by atoms with Gasteiger partial charge in [0.1, 0.15) is 17.3 Å². The molecule has 0 atom stereocenters. The molecule has 7 nitrogen and oxygen atoms in total. The standard InChI is InChI=1S/C13H12N4O3/c1-8-3-2-4-11(17(18)19)12(8)20-9-5-6-16-10(7-9)13(14)15/h2-7H,1H3,(H3,14,15). The maximum absolute atomic E-state index is 11.0. The highest BCUT2D eigenvalue weighted by Crippen LogP contribution is 2.34. The molecule has 0 fully saturated rings. The number of benzene rings is 1. The Bertz CT molecular complexity index is 685. The Balaban J connectivity index is 2.42. The number of aromatic nitrogens is 1. The molecule has 2 rings (SSSR count). The number of nitrogens with two attached hydrogens (primary N) is 1. The first-order valence-corrected chi connectivity index (χ1v) is 5.71. The van der Waals surface area contributed by atoms with Gasteiger partial charge in [0.05, 0.1) is 4.92 Å². The SMILES string of the molecule is Cc1cccc([N+](=O)[O-])c1Oc1ccnc(C(=N)N)c1. The van der Waals surface area contributed by atoms with E-state index < -0.39 is 4.92 Å². The monoisotopic (exact) mass is 272 g/mol. The second kappa shape index (κ2) is 5.35. The van der Waals surface area contributed by atoms with Gasteiger partial charge in [-0.3, -0.25) is 20.5 Å². The van der Waals surface area contributed by atoms with Crippen molar-refractivity contribution in [2.24, 2.45) is 5.73 Å². The summed E-state index contributed by atoms with van der Waals surface area (Å²) in [5.41, 5.74) is 6.11. The van der Waals surface area contributed by atoms with Crippen LogP contribution in [0.5, 0.6) is 11.5 Å². The van der Waals surface area contributed by atoms with Gasteiger partial charge in [0.25, 0.3) is 0 Å². The number of rotatable bonds is 4. The van der Waals surface area contributed by atoms with Crippen molar-refractivity contribution in [3.05, 3.63) is 57.9 Å². The van der Waals surface area contributed by atoms with Gasteiger partial charge in [-0.15, -0.1) is 0 Å². The third-order valence-electron chi connectivity index (χ3n) is 2.62. The number of hydrogen-bond acceptors (Lipinski definition) is 5. The van der Waals surface area contributed by atoms with Gasteiger partial charge in [-0.1, -0.05) is 12.1 Å². The third kappa shape index (κ3) is 2.72. The predicted molar refractivity (Wildman–Crippen MR) is 73.2 cm³/mol. The number of pyridine rings is 1. The molecule has 7 heteroatoms. The second-order valence-corrected chi connectivity index (χ2v) is 4.07. The summed E-state index contributed by atoms with van der Waals surface area (Å²) in [6.07, 6.45) is 1.43. The number of nitro groups is 1. The van der Waals surface area contributed by atoms with E-state index in [-0.39, 0.29) is 23.0 Å². The Kier molecular flexibility index (Phi) is 3.60. The molecule has 0 radical (unpaired) electrons. The molecule has 0 bridgehead atoms. The van der Waals surface area contributed by atoms with Crippen molar-refractivity contribution >= 4 is 11.5 Å². The molecule has 1 aromatic carbocycles. The van der Waals surface area contributed by atoms with Crippen LogP contribution in [0.4, 0.5) is 5.69 Å². The quantitative estimate of drug-likeness (QED) is 0.383. The van der Waals surface area contributed by atoms with Gasteiger partial charge in [-0.2, -0.15) is 0 Å². The van der Waals surface area contributed by atoms with E-state index in [4.69, 9.17) is 15.9 Å². The van der Waals surface area contributed by atoms with E-state index in [9.17, 15) is 10.1 Å². The van der Waals surface area contributed by atoms with Crippen LogP contribution in [0, 0.1) is 22.4 Å². The van der Waals surface area contributed by atoms with E-state index in [1.807, 2.05) is 0 Å². The zero-order valence-corrected chi connectivity index (χ0v) is 10.7. The lowest BCUT2D eigenvalue weighted by molar-refractivity contribution is -0.385. The predicted octanol–water partition coefficient (Wildman–Crippen LogP) is 2.37. The number of nitrogens with one attached hydrogen (secondary N) is 1. The fourth-order valence-corrected chi connectivity index (χ4v) is 1.65. The van der Waals surface area contributed by atoms with E-state index in [0.717, 1.165) is 0 Å². The summed E-state index contributed by atoms with van der Waals surface area (Å²) >= 11 is 0. The van der Waals surface area contributed by atoms with Gasteiger partial charge in [0.2, 0.25) is 5.75 Å². The Labute approximate surface area is 114 Å². The molecule has 0 aliphatic rings. The Morgan fingerprint density at radius 3 is 2.85 bits per heavy atom. The lowest BCUT2D eigenvalue weighted by Crippen LogP contribution is -2.12. The van der Waals surface area contributed by atoms with Crippen molar-refractivity contribution in [2.45, 2.75) is 6.92 Å². The molecule has 1 aromatic heterocycles. The number of nitrogens with zero attached hydrogens (tertiary/aromatic N) is 2. The highest BCUT2D eigenvalue weighted by atomic mass is 16.6. The van der Waals surface area contributed by atoms with Gasteiger partial charge < -0.3 is 10.5 Å². The van der Waals surface area contributed by atoms with E-state index in [1.54, 1.807) is 25.1 Å². The highest BCUT2D eigenvalue weighted by Gasteiger charge is 2.18. The van der Waals surface area contributed by atoms with Crippen LogP contribution in [0.3, 0.4) is 0 Å². The van der Waals surface area contributed by atoms with Crippen molar-refractivity contribution in [3.8, 4) is 11.5 Å². The number of nitrogen functional groups attached to an aromatic ring is 1. The van der Waals surface area contributed by atoms with Gasteiger partial charge in [0.15, 0.2) is 0 Å². The van der Waals surface area contributed by atoms with Crippen molar-refractivity contribution in [2.75, 3.05) is 0 Å². The Hall–Kier alpha value is -2.96. The molecule has 0 saturated carbocycles. The summed E-state index contributed by atoms with van der Waals surface area (Å²) in [7, 11) is 0. The minimum Gasteiger partial charge on any atom is -0.450 e.